The first kappa shape index (κ1) is 17.4. The molecule has 1 fully saturated rings. The highest BCUT2D eigenvalue weighted by molar-refractivity contribution is 9.10. The molecule has 5 rings (SSSR count). The van der Waals surface area contributed by atoms with E-state index in [1.807, 2.05) is 36.4 Å². The Labute approximate surface area is 168 Å². The summed E-state index contributed by atoms with van der Waals surface area (Å²) < 4.78 is 9.80. The summed E-state index contributed by atoms with van der Waals surface area (Å²) in [6, 6.07) is 5.74. The molecule has 144 valence electrons. The molecular formula is C19H19BrN6O2. The predicted octanol–water partition coefficient (Wildman–Crippen LogP) is 3.06. The fourth-order valence-electron chi connectivity index (χ4n) is 3.92. The molecule has 3 aromatic heterocycles. The Morgan fingerprint density at radius 2 is 1.96 bits per heavy atom. The first-order chi connectivity index (χ1) is 13.5. The topological polar surface area (TPSA) is 81.5 Å². The molecule has 4 aromatic rings. The number of hydrogen-bond acceptors (Lipinski definition) is 6. The van der Waals surface area contributed by atoms with Crippen molar-refractivity contribution in [2.45, 2.75) is 33.2 Å². The van der Waals surface area contributed by atoms with E-state index in [0.29, 0.717) is 23.5 Å². The van der Waals surface area contributed by atoms with E-state index >= 15 is 0 Å². The molecule has 0 atom stereocenters. The van der Waals surface area contributed by atoms with Gasteiger partial charge < -0.3 is 9.42 Å². The first-order valence-corrected chi connectivity index (χ1v) is 10.1. The highest BCUT2D eigenvalue weighted by Gasteiger charge is 2.23. The van der Waals surface area contributed by atoms with E-state index in [0.717, 1.165) is 53.1 Å². The minimum Gasteiger partial charge on any atom is -0.361 e. The van der Waals surface area contributed by atoms with Crippen molar-refractivity contribution in [2.75, 3.05) is 18.0 Å². The van der Waals surface area contributed by atoms with Gasteiger partial charge in [0, 0.05) is 23.1 Å². The minimum atomic E-state index is -0.107. The van der Waals surface area contributed by atoms with Crippen LogP contribution in [0.2, 0.25) is 0 Å². The van der Waals surface area contributed by atoms with Crippen LogP contribution in [0.15, 0.2) is 32.0 Å². The number of benzene rings is 1. The van der Waals surface area contributed by atoms with Gasteiger partial charge in [0.2, 0.25) is 11.7 Å². The van der Waals surface area contributed by atoms with E-state index in [1.165, 1.54) is 0 Å². The van der Waals surface area contributed by atoms with Crippen LogP contribution < -0.4 is 10.5 Å². The van der Waals surface area contributed by atoms with E-state index in [-0.39, 0.29) is 5.56 Å². The Balaban J connectivity index is 1.83. The molecular weight excluding hydrogens is 424 g/mol. The van der Waals surface area contributed by atoms with Crippen LogP contribution in [0.1, 0.15) is 29.9 Å². The fourth-order valence-corrected chi connectivity index (χ4v) is 4.28. The molecule has 0 amide bonds. The lowest BCUT2D eigenvalue weighted by Gasteiger charge is -2.17. The number of fused-ring (bicyclic) bond motifs is 3. The molecule has 4 heterocycles. The van der Waals surface area contributed by atoms with Gasteiger partial charge in [0.25, 0.3) is 5.56 Å². The number of aryl methyl sites for hydroxylation is 2. The third-order valence-corrected chi connectivity index (χ3v) is 5.92. The highest BCUT2D eigenvalue weighted by atomic mass is 79.9. The SMILES string of the molecule is Cc1noc(C)c1Cn1c(=O)c2cc(Br)ccc2n2c(N3CCCC3)nnc12. The molecule has 1 aromatic carbocycles. The molecule has 1 aliphatic heterocycles. The predicted molar refractivity (Wildman–Crippen MR) is 109 cm³/mol. The number of hydrogen-bond donors (Lipinski definition) is 0. The number of rotatable bonds is 3. The number of nitrogens with zero attached hydrogens (tertiary/aromatic N) is 6. The van der Waals surface area contributed by atoms with Crippen molar-refractivity contribution in [3.63, 3.8) is 0 Å². The van der Waals surface area contributed by atoms with Gasteiger partial charge in [-0.3, -0.25) is 9.36 Å². The Hall–Kier alpha value is -2.68. The Morgan fingerprint density at radius 3 is 2.68 bits per heavy atom. The third-order valence-electron chi connectivity index (χ3n) is 5.43. The van der Waals surface area contributed by atoms with Crippen molar-refractivity contribution in [1.82, 2.24) is 24.3 Å². The lowest BCUT2D eigenvalue weighted by atomic mass is 10.2. The Bertz CT molecular complexity index is 1250. The molecule has 0 radical (unpaired) electrons. The van der Waals surface area contributed by atoms with Crippen molar-refractivity contribution >= 4 is 38.6 Å². The molecule has 8 nitrogen and oxygen atoms in total. The summed E-state index contributed by atoms with van der Waals surface area (Å²) in [4.78, 5) is 15.6. The highest BCUT2D eigenvalue weighted by Crippen LogP contribution is 2.25. The van der Waals surface area contributed by atoms with Crippen LogP contribution in [0.4, 0.5) is 5.95 Å². The van der Waals surface area contributed by atoms with E-state index in [9.17, 15) is 4.79 Å². The zero-order valence-corrected chi connectivity index (χ0v) is 17.2. The van der Waals surface area contributed by atoms with Crippen LogP contribution in [0.25, 0.3) is 16.7 Å². The van der Waals surface area contributed by atoms with Gasteiger partial charge in [0.15, 0.2) is 0 Å². The van der Waals surface area contributed by atoms with Gasteiger partial charge in [-0.05, 0) is 44.9 Å². The van der Waals surface area contributed by atoms with Crippen molar-refractivity contribution in [1.29, 1.82) is 0 Å². The second kappa shape index (κ2) is 6.44. The second-order valence-electron chi connectivity index (χ2n) is 7.19. The van der Waals surface area contributed by atoms with Gasteiger partial charge in [-0.2, -0.15) is 0 Å². The molecule has 0 unspecified atom stereocenters. The van der Waals surface area contributed by atoms with Crippen molar-refractivity contribution < 1.29 is 4.52 Å². The van der Waals surface area contributed by atoms with Crippen LogP contribution in [0.5, 0.6) is 0 Å². The number of anilines is 1. The van der Waals surface area contributed by atoms with Crippen molar-refractivity contribution in [3.05, 3.63) is 50.0 Å². The van der Waals surface area contributed by atoms with E-state index < -0.39 is 0 Å². The van der Waals surface area contributed by atoms with Crippen LogP contribution in [0.3, 0.4) is 0 Å². The van der Waals surface area contributed by atoms with Gasteiger partial charge in [0.05, 0.1) is 23.1 Å². The zero-order valence-electron chi connectivity index (χ0n) is 15.6. The second-order valence-corrected chi connectivity index (χ2v) is 8.10. The van der Waals surface area contributed by atoms with Gasteiger partial charge in [-0.1, -0.05) is 21.1 Å². The molecule has 28 heavy (non-hydrogen) atoms. The quantitative estimate of drug-likeness (QED) is 0.484. The molecule has 0 aliphatic carbocycles. The fraction of sp³-hybridized carbons (Fsp3) is 0.368. The molecule has 0 bridgehead atoms. The maximum atomic E-state index is 13.4. The zero-order chi connectivity index (χ0) is 19.4. The van der Waals surface area contributed by atoms with Crippen LogP contribution in [-0.2, 0) is 6.54 Å². The smallest absolute Gasteiger partial charge is 0.263 e. The number of aromatic nitrogens is 5. The summed E-state index contributed by atoms with van der Waals surface area (Å²) >= 11 is 3.49. The average Bonchev–Trinajstić information content (AvgIpc) is 3.40. The maximum Gasteiger partial charge on any atom is 0.263 e. The summed E-state index contributed by atoms with van der Waals surface area (Å²) in [5.74, 6) is 2.02. The van der Waals surface area contributed by atoms with E-state index in [4.69, 9.17) is 4.52 Å². The van der Waals surface area contributed by atoms with Crippen molar-refractivity contribution in [3.8, 4) is 0 Å². The maximum absolute atomic E-state index is 13.4. The van der Waals surface area contributed by atoms with E-state index in [2.05, 4.69) is 36.2 Å². The lowest BCUT2D eigenvalue weighted by molar-refractivity contribution is 0.392. The largest absolute Gasteiger partial charge is 0.361 e. The Kier molecular flexibility index (Phi) is 4.01. The third kappa shape index (κ3) is 2.56. The van der Waals surface area contributed by atoms with Gasteiger partial charge >= 0.3 is 0 Å². The van der Waals surface area contributed by atoms with Gasteiger partial charge in [-0.25, -0.2) is 4.40 Å². The molecule has 9 heteroatoms. The molecule has 1 aliphatic rings. The summed E-state index contributed by atoms with van der Waals surface area (Å²) in [7, 11) is 0. The molecule has 0 spiro atoms. The Morgan fingerprint density at radius 1 is 1.18 bits per heavy atom. The lowest BCUT2D eigenvalue weighted by Crippen LogP contribution is -2.26. The van der Waals surface area contributed by atoms with Gasteiger partial charge in [0.1, 0.15) is 5.76 Å². The summed E-state index contributed by atoms with van der Waals surface area (Å²) in [5, 5.41) is 13.5. The number of halogens is 1. The van der Waals surface area contributed by atoms with E-state index in [1.54, 1.807) is 4.57 Å². The minimum absolute atomic E-state index is 0.107. The molecule has 0 N–H and O–H groups in total. The summed E-state index contributed by atoms with van der Waals surface area (Å²) in [6.45, 7) is 5.97. The standard InChI is InChI=1S/C19H19BrN6O2/c1-11-15(12(2)28-23-11)10-25-17(27)14-9-13(20)5-6-16(14)26-18(21-22-19(25)26)24-7-3-4-8-24/h5-6,9H,3-4,7-8,10H2,1-2H3. The average molecular weight is 443 g/mol. The molecule has 1 saturated heterocycles. The summed E-state index contributed by atoms with van der Waals surface area (Å²) in [6.07, 6.45) is 2.27. The molecule has 0 saturated carbocycles. The first-order valence-electron chi connectivity index (χ1n) is 9.28. The van der Waals surface area contributed by atoms with Crippen molar-refractivity contribution in [2.24, 2.45) is 0 Å². The van der Waals surface area contributed by atoms with Crippen LogP contribution in [-0.4, -0.2) is 37.4 Å². The van der Waals surface area contributed by atoms with Crippen LogP contribution >= 0.6 is 15.9 Å². The monoisotopic (exact) mass is 442 g/mol. The van der Waals surface area contributed by atoms with Gasteiger partial charge in [-0.15, -0.1) is 10.2 Å². The van der Waals surface area contributed by atoms with Crippen LogP contribution in [0, 0.1) is 13.8 Å². The normalized spacial score (nSPS) is 14.6. The summed E-state index contributed by atoms with van der Waals surface area (Å²) in [5.41, 5.74) is 2.37.